The van der Waals surface area contributed by atoms with Gasteiger partial charge in [-0.25, -0.2) is 8.42 Å². The zero-order valence-corrected chi connectivity index (χ0v) is 17.4. The monoisotopic (exact) mass is 421 g/mol. The smallest absolute Gasteiger partial charge is 0.251 e. The molecule has 0 aliphatic carbocycles. The SMILES string of the molecule is Cc1cccnc1CNC(=O)c1ccc(Cl)c(S(=O)(=O)N2CCCCCC2)c1. The number of benzene rings is 1. The Hall–Kier alpha value is -1.96. The number of aromatic nitrogens is 1. The number of rotatable bonds is 5. The minimum Gasteiger partial charge on any atom is -0.346 e. The van der Waals surface area contributed by atoms with E-state index in [-0.39, 0.29) is 27.9 Å². The molecule has 0 unspecified atom stereocenters. The van der Waals surface area contributed by atoms with Crippen LogP contribution >= 0.6 is 11.6 Å². The summed E-state index contributed by atoms with van der Waals surface area (Å²) in [6.45, 7) is 3.15. The van der Waals surface area contributed by atoms with Crippen LogP contribution in [0.25, 0.3) is 0 Å². The molecule has 2 heterocycles. The third-order valence-corrected chi connectivity index (χ3v) is 7.29. The Morgan fingerprint density at radius 3 is 2.57 bits per heavy atom. The van der Waals surface area contributed by atoms with E-state index in [1.54, 1.807) is 6.20 Å². The molecule has 0 saturated carbocycles. The second-order valence-corrected chi connectivity index (χ2v) is 9.23. The Bertz CT molecular complexity index is 955. The Balaban J connectivity index is 1.80. The van der Waals surface area contributed by atoms with Crippen LogP contribution < -0.4 is 5.32 Å². The zero-order chi connectivity index (χ0) is 20.1. The number of nitrogens with one attached hydrogen (secondary N) is 1. The molecule has 8 heteroatoms. The first kappa shape index (κ1) is 20.8. The van der Waals surface area contributed by atoms with Gasteiger partial charge in [0.1, 0.15) is 4.90 Å². The van der Waals surface area contributed by atoms with Gasteiger partial charge in [-0.3, -0.25) is 9.78 Å². The molecular weight excluding hydrogens is 398 g/mol. The number of halogens is 1. The van der Waals surface area contributed by atoms with Gasteiger partial charge < -0.3 is 5.32 Å². The van der Waals surface area contributed by atoms with E-state index in [0.717, 1.165) is 36.9 Å². The minimum absolute atomic E-state index is 0.0160. The van der Waals surface area contributed by atoms with Crippen LogP contribution in [0.1, 0.15) is 47.3 Å². The molecule has 2 aromatic rings. The van der Waals surface area contributed by atoms with Crippen LogP contribution in [0.4, 0.5) is 0 Å². The maximum absolute atomic E-state index is 13.1. The number of sulfonamides is 1. The summed E-state index contributed by atoms with van der Waals surface area (Å²) in [7, 11) is -3.74. The molecule has 0 atom stereocenters. The maximum atomic E-state index is 13.1. The van der Waals surface area contributed by atoms with Gasteiger partial charge >= 0.3 is 0 Å². The van der Waals surface area contributed by atoms with E-state index < -0.39 is 10.0 Å². The zero-order valence-electron chi connectivity index (χ0n) is 15.8. The summed E-state index contributed by atoms with van der Waals surface area (Å²) in [6, 6.07) is 8.11. The van der Waals surface area contributed by atoms with Gasteiger partial charge in [-0.15, -0.1) is 0 Å². The van der Waals surface area contributed by atoms with E-state index in [9.17, 15) is 13.2 Å². The lowest BCUT2D eigenvalue weighted by molar-refractivity contribution is 0.0950. The summed E-state index contributed by atoms with van der Waals surface area (Å²) in [6.07, 6.45) is 5.38. The van der Waals surface area contributed by atoms with Crippen molar-refractivity contribution in [2.45, 2.75) is 44.0 Å². The largest absolute Gasteiger partial charge is 0.346 e. The fourth-order valence-corrected chi connectivity index (χ4v) is 5.25. The molecule has 0 bridgehead atoms. The Morgan fingerprint density at radius 1 is 1.18 bits per heavy atom. The van der Waals surface area contributed by atoms with E-state index >= 15 is 0 Å². The molecule has 1 fully saturated rings. The third-order valence-electron chi connectivity index (χ3n) is 4.91. The van der Waals surface area contributed by atoms with Crippen molar-refractivity contribution in [3.05, 3.63) is 58.4 Å². The highest BCUT2D eigenvalue weighted by Gasteiger charge is 2.28. The number of carbonyl (C=O) groups is 1. The van der Waals surface area contributed by atoms with E-state index in [0.29, 0.717) is 13.1 Å². The molecule has 0 radical (unpaired) electrons. The van der Waals surface area contributed by atoms with Gasteiger partial charge in [-0.2, -0.15) is 4.31 Å². The Morgan fingerprint density at radius 2 is 1.89 bits per heavy atom. The van der Waals surface area contributed by atoms with Gasteiger partial charge in [0.25, 0.3) is 5.91 Å². The molecule has 6 nitrogen and oxygen atoms in total. The van der Waals surface area contributed by atoms with Crippen LogP contribution in [-0.4, -0.2) is 36.7 Å². The predicted molar refractivity (Wildman–Crippen MR) is 109 cm³/mol. The second-order valence-electron chi connectivity index (χ2n) is 6.91. The second kappa shape index (κ2) is 9.03. The molecule has 28 heavy (non-hydrogen) atoms. The summed E-state index contributed by atoms with van der Waals surface area (Å²) in [5.74, 6) is -0.367. The molecule has 1 N–H and O–H groups in total. The highest BCUT2D eigenvalue weighted by atomic mass is 35.5. The summed E-state index contributed by atoms with van der Waals surface area (Å²) in [5, 5.41) is 2.92. The summed E-state index contributed by atoms with van der Waals surface area (Å²) >= 11 is 6.19. The first-order valence-corrected chi connectivity index (χ1v) is 11.2. The number of aryl methyl sites for hydroxylation is 1. The van der Waals surface area contributed by atoms with Gasteiger partial charge in [0, 0.05) is 24.8 Å². The highest BCUT2D eigenvalue weighted by Crippen LogP contribution is 2.27. The normalized spacial score (nSPS) is 15.8. The number of carbonyl (C=O) groups excluding carboxylic acids is 1. The maximum Gasteiger partial charge on any atom is 0.251 e. The molecule has 1 aliphatic rings. The fraction of sp³-hybridized carbons (Fsp3) is 0.400. The first-order chi connectivity index (χ1) is 13.4. The van der Waals surface area contributed by atoms with Crippen molar-refractivity contribution < 1.29 is 13.2 Å². The summed E-state index contributed by atoms with van der Waals surface area (Å²) in [4.78, 5) is 16.8. The molecule has 1 aromatic heterocycles. The van der Waals surface area contributed by atoms with Gasteiger partial charge in [-0.1, -0.05) is 30.5 Å². The van der Waals surface area contributed by atoms with Gasteiger partial charge in [-0.05, 0) is 49.6 Å². The van der Waals surface area contributed by atoms with Crippen LogP contribution in [0.15, 0.2) is 41.4 Å². The van der Waals surface area contributed by atoms with E-state index in [2.05, 4.69) is 10.3 Å². The average Bonchev–Trinajstić information content (AvgIpc) is 2.97. The van der Waals surface area contributed by atoms with E-state index in [1.807, 2.05) is 19.1 Å². The number of nitrogens with zero attached hydrogens (tertiary/aromatic N) is 2. The predicted octanol–water partition coefficient (Wildman–Crippen LogP) is 3.54. The van der Waals surface area contributed by atoms with Crippen molar-refractivity contribution in [2.24, 2.45) is 0 Å². The van der Waals surface area contributed by atoms with E-state index in [1.165, 1.54) is 22.5 Å². The lowest BCUT2D eigenvalue weighted by Crippen LogP contribution is -2.32. The van der Waals surface area contributed by atoms with Crippen LogP contribution in [0, 0.1) is 6.92 Å². The summed E-state index contributed by atoms with van der Waals surface area (Å²) in [5.41, 5.74) is 2.00. The van der Waals surface area contributed by atoms with Crippen molar-refractivity contribution in [1.82, 2.24) is 14.6 Å². The van der Waals surface area contributed by atoms with Crippen molar-refractivity contribution in [3.63, 3.8) is 0 Å². The van der Waals surface area contributed by atoms with Crippen molar-refractivity contribution in [1.29, 1.82) is 0 Å². The Labute approximate surface area is 171 Å². The highest BCUT2D eigenvalue weighted by molar-refractivity contribution is 7.89. The lowest BCUT2D eigenvalue weighted by atomic mass is 10.2. The number of hydrogen-bond donors (Lipinski definition) is 1. The molecule has 1 amide bonds. The van der Waals surface area contributed by atoms with Crippen LogP contribution in [-0.2, 0) is 16.6 Å². The number of amides is 1. The molecule has 150 valence electrons. The lowest BCUT2D eigenvalue weighted by Gasteiger charge is -2.21. The average molecular weight is 422 g/mol. The minimum atomic E-state index is -3.74. The Kier molecular flexibility index (Phi) is 6.69. The van der Waals surface area contributed by atoms with Gasteiger partial charge in [0.05, 0.1) is 17.3 Å². The van der Waals surface area contributed by atoms with Crippen LogP contribution in [0.2, 0.25) is 5.02 Å². The molecule has 1 aliphatic heterocycles. The van der Waals surface area contributed by atoms with Crippen molar-refractivity contribution in [2.75, 3.05) is 13.1 Å². The van der Waals surface area contributed by atoms with Crippen molar-refractivity contribution >= 4 is 27.5 Å². The first-order valence-electron chi connectivity index (χ1n) is 9.38. The van der Waals surface area contributed by atoms with Gasteiger partial charge in [0.15, 0.2) is 0 Å². The van der Waals surface area contributed by atoms with Crippen LogP contribution in [0.3, 0.4) is 0 Å². The van der Waals surface area contributed by atoms with E-state index in [4.69, 9.17) is 11.6 Å². The number of pyridine rings is 1. The molecule has 1 saturated heterocycles. The molecule has 1 aromatic carbocycles. The fourth-order valence-electron chi connectivity index (χ4n) is 3.23. The van der Waals surface area contributed by atoms with Crippen molar-refractivity contribution in [3.8, 4) is 0 Å². The third kappa shape index (κ3) is 4.71. The topological polar surface area (TPSA) is 79.4 Å². The molecule has 0 spiro atoms. The standard InChI is InChI=1S/C20H24ClN3O3S/c1-15-7-6-10-22-18(15)14-23-20(25)16-8-9-17(21)19(13-16)28(26,27)24-11-4-2-3-5-12-24/h6-10,13H,2-5,11-12,14H2,1H3,(H,23,25). The number of hydrogen-bond acceptors (Lipinski definition) is 4. The van der Waals surface area contributed by atoms with Crippen LogP contribution in [0.5, 0.6) is 0 Å². The molecule has 3 rings (SSSR count). The summed E-state index contributed by atoms with van der Waals surface area (Å²) < 4.78 is 27.6. The quantitative estimate of drug-likeness (QED) is 0.800. The molecular formula is C20H24ClN3O3S. The van der Waals surface area contributed by atoms with Gasteiger partial charge in [0.2, 0.25) is 10.0 Å².